The van der Waals surface area contributed by atoms with E-state index in [4.69, 9.17) is 16.6 Å². The maximum atomic E-state index is 13.4. The fourth-order valence-electron chi connectivity index (χ4n) is 3.41. The van der Waals surface area contributed by atoms with Crippen LogP contribution < -0.4 is 21.5 Å². The molecule has 6 nitrogen and oxygen atoms in total. The van der Waals surface area contributed by atoms with Gasteiger partial charge in [-0.15, -0.1) is 11.3 Å². The Hall–Kier alpha value is -1.93. The van der Waals surface area contributed by atoms with Crippen molar-refractivity contribution in [2.45, 2.75) is 13.0 Å². The van der Waals surface area contributed by atoms with Gasteiger partial charge in [0.1, 0.15) is 11.4 Å². The maximum absolute atomic E-state index is 13.4. The van der Waals surface area contributed by atoms with Gasteiger partial charge in [-0.25, -0.2) is 9.55 Å². The largest absolute Gasteiger partial charge is 0.356 e. The van der Waals surface area contributed by atoms with Crippen LogP contribution in [-0.4, -0.2) is 36.2 Å². The summed E-state index contributed by atoms with van der Waals surface area (Å²) in [7, 11) is 2.19. The van der Waals surface area contributed by atoms with Gasteiger partial charge in [0.2, 0.25) is 5.95 Å². The molecule has 5 N–H and O–H groups in total. The number of nitrogens with one attached hydrogen (secondary N) is 2. The van der Waals surface area contributed by atoms with Gasteiger partial charge in [0, 0.05) is 11.4 Å². The van der Waals surface area contributed by atoms with Crippen molar-refractivity contribution < 1.29 is 10.6 Å². The Balaban J connectivity index is 1.96. The molecule has 0 saturated carbocycles. The van der Waals surface area contributed by atoms with Crippen LogP contribution in [0.15, 0.2) is 29.1 Å². The lowest BCUT2D eigenvalue weighted by Crippen LogP contribution is -3.08. The van der Waals surface area contributed by atoms with Gasteiger partial charge >= 0.3 is 0 Å². The zero-order valence-corrected chi connectivity index (χ0v) is 16.2. The summed E-state index contributed by atoms with van der Waals surface area (Å²) in [5.41, 5.74) is 5.80. The van der Waals surface area contributed by atoms with Crippen LogP contribution in [0.5, 0.6) is 0 Å². The fraction of sp³-hybridized carbons (Fsp3) is 0.333. The molecule has 1 unspecified atom stereocenters. The Morgan fingerprint density at radius 3 is 2.88 bits per heavy atom. The van der Waals surface area contributed by atoms with Gasteiger partial charge in [-0.3, -0.25) is 4.79 Å². The molecule has 1 atom stereocenters. The van der Waals surface area contributed by atoms with Gasteiger partial charge in [-0.05, 0) is 29.8 Å². The number of thiophene rings is 1. The first kappa shape index (κ1) is 17.5. The maximum Gasteiger partial charge on any atom is 0.268 e. The van der Waals surface area contributed by atoms with Crippen LogP contribution in [0.25, 0.3) is 15.9 Å². The van der Waals surface area contributed by atoms with E-state index in [0.717, 1.165) is 35.4 Å². The van der Waals surface area contributed by atoms with Crippen molar-refractivity contribution in [1.29, 1.82) is 0 Å². The van der Waals surface area contributed by atoms with Crippen LogP contribution in [0.4, 0.5) is 5.95 Å². The van der Waals surface area contributed by atoms with Crippen LogP contribution in [0.2, 0.25) is 5.02 Å². The molecule has 0 bridgehead atoms. The summed E-state index contributed by atoms with van der Waals surface area (Å²) in [5.74, 6) is 0.563. The molecule has 2 aromatic heterocycles. The number of nitrogens with zero attached hydrogens (tertiary/aromatic N) is 2. The highest BCUT2D eigenvalue weighted by Crippen LogP contribution is 2.30. The normalized spacial score (nSPS) is 16.7. The van der Waals surface area contributed by atoms with Crippen molar-refractivity contribution >= 4 is 39.1 Å². The van der Waals surface area contributed by atoms with Crippen molar-refractivity contribution in [2.24, 2.45) is 0 Å². The molecule has 0 spiro atoms. The highest BCUT2D eigenvalue weighted by Gasteiger charge is 2.26. The van der Waals surface area contributed by atoms with Gasteiger partial charge in [-0.2, -0.15) is 0 Å². The topological polar surface area (TPSA) is 79.0 Å². The van der Waals surface area contributed by atoms with E-state index in [2.05, 4.69) is 18.1 Å². The average molecular weight is 392 g/mol. The zero-order chi connectivity index (χ0) is 18.3. The first-order chi connectivity index (χ1) is 12.6. The summed E-state index contributed by atoms with van der Waals surface area (Å²) in [5, 5.41) is 4.67. The smallest absolute Gasteiger partial charge is 0.268 e. The third-order valence-electron chi connectivity index (χ3n) is 4.72. The number of hydrogen-bond acceptors (Lipinski definition) is 4. The van der Waals surface area contributed by atoms with E-state index in [-0.39, 0.29) is 5.56 Å². The molecule has 26 heavy (non-hydrogen) atoms. The Morgan fingerprint density at radius 1 is 1.38 bits per heavy atom. The van der Waals surface area contributed by atoms with E-state index < -0.39 is 0 Å². The van der Waals surface area contributed by atoms with Crippen molar-refractivity contribution in [1.82, 2.24) is 9.55 Å². The van der Waals surface area contributed by atoms with E-state index in [0.29, 0.717) is 24.1 Å². The quantitative estimate of drug-likeness (QED) is 0.599. The van der Waals surface area contributed by atoms with Gasteiger partial charge in [0.25, 0.3) is 5.56 Å². The molecule has 1 aliphatic rings. The highest BCUT2D eigenvalue weighted by atomic mass is 35.5. The molecule has 3 aromatic rings. The first-order valence-electron chi connectivity index (χ1n) is 8.76. The minimum Gasteiger partial charge on any atom is -0.356 e. The van der Waals surface area contributed by atoms with E-state index in [1.165, 1.54) is 15.3 Å². The molecular weight excluding hydrogens is 370 g/mol. The highest BCUT2D eigenvalue weighted by molar-refractivity contribution is 7.18. The van der Waals surface area contributed by atoms with Crippen LogP contribution in [0, 0.1) is 0 Å². The minimum atomic E-state index is -0.0130. The Bertz CT molecular complexity index is 1010. The lowest BCUT2D eigenvalue weighted by atomic mass is 10.1. The number of rotatable bonds is 4. The molecule has 136 valence electrons. The molecule has 0 aliphatic carbocycles. The number of likely N-dealkylation sites (N-methyl/N-ethyl adjacent to an activating group) is 1. The second kappa shape index (κ2) is 7.00. The summed E-state index contributed by atoms with van der Waals surface area (Å²) in [6.07, 6.45) is 0.921. The van der Waals surface area contributed by atoms with E-state index in [1.807, 2.05) is 12.1 Å². The predicted molar refractivity (Wildman–Crippen MR) is 106 cm³/mol. The molecular formula is C18H22ClN5OS+2. The SMILES string of the molecule is C[NH+]1CCc2c(sc3nc(NCC[NH3+])n(-c4ccc(Cl)cc4)c(=O)c23)C1. The Morgan fingerprint density at radius 2 is 2.15 bits per heavy atom. The summed E-state index contributed by atoms with van der Waals surface area (Å²) in [4.78, 5) is 21.8. The standard InChI is InChI=1S/C18H20ClN5OS/c1-23-9-6-13-14(10-23)26-16-15(13)17(25)24(18(22-16)21-8-7-20)12-4-2-11(19)3-5-12/h2-5H,6-10,20H2,1H3,(H,21,22)/p+2. The van der Waals surface area contributed by atoms with E-state index in [9.17, 15) is 4.79 Å². The fourth-order valence-corrected chi connectivity index (χ4v) is 4.86. The number of benzene rings is 1. The number of quaternary nitrogens is 2. The molecule has 0 radical (unpaired) electrons. The van der Waals surface area contributed by atoms with Gasteiger partial charge < -0.3 is 16.0 Å². The number of anilines is 1. The zero-order valence-electron chi connectivity index (χ0n) is 14.6. The van der Waals surface area contributed by atoms with Crippen molar-refractivity contribution in [2.75, 3.05) is 32.0 Å². The first-order valence-corrected chi connectivity index (χ1v) is 9.95. The molecule has 8 heteroatoms. The summed E-state index contributed by atoms with van der Waals surface area (Å²) in [6.45, 7) is 3.37. The number of aromatic nitrogens is 2. The summed E-state index contributed by atoms with van der Waals surface area (Å²) in [6, 6.07) is 7.28. The van der Waals surface area contributed by atoms with E-state index in [1.54, 1.807) is 28.0 Å². The Kier molecular flexibility index (Phi) is 4.71. The molecule has 4 rings (SSSR count). The minimum absolute atomic E-state index is 0.0130. The molecule has 1 aliphatic heterocycles. The molecule has 0 saturated heterocycles. The van der Waals surface area contributed by atoms with Crippen LogP contribution in [-0.2, 0) is 13.0 Å². The van der Waals surface area contributed by atoms with Crippen molar-refractivity contribution in [3.8, 4) is 5.69 Å². The number of hydrogen-bond donors (Lipinski definition) is 3. The lowest BCUT2D eigenvalue weighted by Gasteiger charge is -2.19. The predicted octanol–water partition coefficient (Wildman–Crippen LogP) is 0.325. The van der Waals surface area contributed by atoms with Gasteiger partial charge in [0.05, 0.1) is 42.6 Å². The molecule has 1 aromatic carbocycles. The summed E-state index contributed by atoms with van der Waals surface area (Å²) >= 11 is 7.67. The van der Waals surface area contributed by atoms with Crippen LogP contribution >= 0.6 is 22.9 Å². The lowest BCUT2D eigenvalue weighted by molar-refractivity contribution is -0.895. The van der Waals surface area contributed by atoms with Crippen molar-refractivity contribution in [3.05, 3.63) is 50.1 Å². The molecule has 0 amide bonds. The Labute approximate surface area is 160 Å². The van der Waals surface area contributed by atoms with Crippen LogP contribution in [0.3, 0.4) is 0 Å². The van der Waals surface area contributed by atoms with Gasteiger partial charge in [0.15, 0.2) is 0 Å². The second-order valence-corrected chi connectivity index (χ2v) is 8.17. The number of halogens is 1. The molecule has 0 fully saturated rings. The second-order valence-electron chi connectivity index (χ2n) is 6.65. The van der Waals surface area contributed by atoms with Gasteiger partial charge in [-0.1, -0.05) is 11.6 Å². The third-order valence-corrected chi connectivity index (χ3v) is 6.10. The summed E-state index contributed by atoms with van der Waals surface area (Å²) < 4.78 is 1.66. The third kappa shape index (κ3) is 3.01. The molecule has 3 heterocycles. The van der Waals surface area contributed by atoms with Crippen LogP contribution in [0.1, 0.15) is 10.4 Å². The average Bonchev–Trinajstić information content (AvgIpc) is 2.98. The van der Waals surface area contributed by atoms with E-state index >= 15 is 0 Å². The monoisotopic (exact) mass is 391 g/mol. The van der Waals surface area contributed by atoms with Crippen molar-refractivity contribution in [3.63, 3.8) is 0 Å². The number of fused-ring (bicyclic) bond motifs is 3.